The fraction of sp³-hybridized carbons (Fsp3) is 0.0625. The van der Waals surface area contributed by atoms with Gasteiger partial charge < -0.3 is 5.73 Å². The average Bonchev–Trinajstić information content (AvgIpc) is 2.51. The number of nitrogens with zero attached hydrogens (tertiary/aromatic N) is 3. The van der Waals surface area contributed by atoms with Crippen LogP contribution in [0.5, 0.6) is 0 Å². The van der Waals surface area contributed by atoms with Crippen LogP contribution < -0.4 is 5.73 Å². The van der Waals surface area contributed by atoms with Crippen LogP contribution in [0.1, 0.15) is 12.5 Å². The number of aliphatic imine (C=N–C) groups is 1. The molecule has 0 saturated carbocycles. The summed E-state index contributed by atoms with van der Waals surface area (Å²) < 4.78 is 0. The molecular formula is C16H12N4. The number of nitriles is 2. The van der Waals surface area contributed by atoms with Crippen LogP contribution in [0.2, 0.25) is 0 Å². The summed E-state index contributed by atoms with van der Waals surface area (Å²) in [6.07, 6.45) is 0. The number of hydrogen-bond acceptors (Lipinski definition) is 4. The Balaban J connectivity index is 2.49. The lowest BCUT2D eigenvalue weighted by atomic mass is 10.0. The van der Waals surface area contributed by atoms with Crippen molar-refractivity contribution in [3.8, 4) is 12.1 Å². The predicted octanol–water partition coefficient (Wildman–Crippen LogP) is 2.87. The van der Waals surface area contributed by atoms with Crippen molar-refractivity contribution < 1.29 is 0 Å². The predicted molar refractivity (Wildman–Crippen MR) is 78.6 cm³/mol. The van der Waals surface area contributed by atoms with Gasteiger partial charge in [0.1, 0.15) is 17.8 Å². The molecule has 4 heteroatoms. The molecule has 0 fully saturated rings. The topological polar surface area (TPSA) is 86.0 Å². The summed E-state index contributed by atoms with van der Waals surface area (Å²) in [6, 6.07) is 17.5. The minimum Gasteiger partial charge on any atom is -0.388 e. The number of nitrogens with two attached hydrogens (primary N) is 1. The maximum Gasteiger partial charge on any atom is 0.174 e. The van der Waals surface area contributed by atoms with E-state index in [1.807, 2.05) is 48.5 Å². The van der Waals surface area contributed by atoms with Gasteiger partial charge in [0.25, 0.3) is 0 Å². The van der Waals surface area contributed by atoms with E-state index >= 15 is 0 Å². The highest BCUT2D eigenvalue weighted by Gasteiger charge is 2.04. The van der Waals surface area contributed by atoms with Crippen LogP contribution in [-0.2, 0) is 0 Å². The van der Waals surface area contributed by atoms with E-state index in [9.17, 15) is 0 Å². The number of hydrogen-bond donors (Lipinski definition) is 1. The molecule has 0 bridgehead atoms. The first-order chi connectivity index (χ1) is 9.65. The molecule has 2 N–H and O–H groups in total. The lowest BCUT2D eigenvalue weighted by Gasteiger charge is -2.03. The van der Waals surface area contributed by atoms with Crippen LogP contribution in [0, 0.1) is 22.7 Å². The molecule has 2 rings (SSSR count). The SMILES string of the molecule is CC(=N/C(C#N)=C(\N)C#N)c1ccc2ccccc2c1. The van der Waals surface area contributed by atoms with Gasteiger partial charge in [-0.2, -0.15) is 10.5 Å². The third kappa shape index (κ3) is 2.66. The third-order valence-corrected chi connectivity index (χ3v) is 2.93. The molecular weight excluding hydrogens is 248 g/mol. The number of allylic oxidation sites excluding steroid dienone is 2. The van der Waals surface area contributed by atoms with Crippen molar-refractivity contribution in [1.82, 2.24) is 0 Å². The fourth-order valence-electron chi connectivity index (χ4n) is 1.85. The zero-order valence-electron chi connectivity index (χ0n) is 11.0. The molecule has 0 radical (unpaired) electrons. The molecule has 0 saturated heterocycles. The molecule has 20 heavy (non-hydrogen) atoms. The van der Waals surface area contributed by atoms with E-state index in [4.69, 9.17) is 16.3 Å². The van der Waals surface area contributed by atoms with E-state index in [1.165, 1.54) is 0 Å². The number of fused-ring (bicyclic) bond motifs is 1. The van der Waals surface area contributed by atoms with Crippen LogP contribution >= 0.6 is 0 Å². The minimum absolute atomic E-state index is 0.0573. The van der Waals surface area contributed by atoms with Gasteiger partial charge in [0.15, 0.2) is 5.70 Å². The van der Waals surface area contributed by atoms with Crippen molar-refractivity contribution in [2.75, 3.05) is 0 Å². The van der Waals surface area contributed by atoms with Crippen molar-refractivity contribution in [3.63, 3.8) is 0 Å². The normalized spacial score (nSPS) is 12.4. The maximum absolute atomic E-state index is 8.95. The Kier molecular flexibility index (Phi) is 3.79. The smallest absolute Gasteiger partial charge is 0.174 e. The van der Waals surface area contributed by atoms with Crippen LogP contribution in [-0.4, -0.2) is 5.71 Å². The molecule has 0 heterocycles. The van der Waals surface area contributed by atoms with E-state index in [1.54, 1.807) is 13.0 Å². The molecule has 96 valence electrons. The lowest BCUT2D eigenvalue weighted by molar-refractivity contribution is 1.26. The Morgan fingerprint density at radius 2 is 1.75 bits per heavy atom. The summed E-state index contributed by atoms with van der Waals surface area (Å²) in [7, 11) is 0. The molecule has 0 unspecified atom stereocenters. The van der Waals surface area contributed by atoms with Crippen molar-refractivity contribution >= 4 is 16.5 Å². The van der Waals surface area contributed by atoms with Gasteiger partial charge in [-0.15, -0.1) is 0 Å². The molecule has 0 atom stereocenters. The monoisotopic (exact) mass is 260 g/mol. The Bertz CT molecular complexity index is 801. The summed E-state index contributed by atoms with van der Waals surface area (Å²) in [5, 5.41) is 19.9. The van der Waals surface area contributed by atoms with Gasteiger partial charge in [-0.3, -0.25) is 0 Å². The first-order valence-electron chi connectivity index (χ1n) is 6.00. The molecule has 0 aliphatic carbocycles. The summed E-state index contributed by atoms with van der Waals surface area (Å²) in [5.41, 5.74) is 6.74. The second-order valence-corrected chi connectivity index (χ2v) is 4.25. The van der Waals surface area contributed by atoms with Crippen molar-refractivity contribution in [3.05, 3.63) is 59.4 Å². The Morgan fingerprint density at radius 1 is 1.05 bits per heavy atom. The lowest BCUT2D eigenvalue weighted by Crippen LogP contribution is -2.01. The summed E-state index contributed by atoms with van der Waals surface area (Å²) in [4.78, 5) is 4.13. The molecule has 0 aliphatic heterocycles. The largest absolute Gasteiger partial charge is 0.388 e. The number of rotatable bonds is 2. The molecule has 4 nitrogen and oxygen atoms in total. The Morgan fingerprint density at radius 3 is 2.40 bits per heavy atom. The molecule has 0 aromatic heterocycles. The molecule has 0 spiro atoms. The van der Waals surface area contributed by atoms with Gasteiger partial charge in [-0.25, -0.2) is 4.99 Å². The van der Waals surface area contributed by atoms with Gasteiger partial charge in [0.2, 0.25) is 0 Å². The summed E-state index contributed by atoms with van der Waals surface area (Å²) in [5.74, 6) is 0. The van der Waals surface area contributed by atoms with Crippen LogP contribution in [0.4, 0.5) is 0 Å². The van der Waals surface area contributed by atoms with E-state index in [0.717, 1.165) is 16.3 Å². The molecule has 0 amide bonds. The average molecular weight is 260 g/mol. The quantitative estimate of drug-likeness (QED) is 0.665. The van der Waals surface area contributed by atoms with Crippen LogP contribution in [0.15, 0.2) is 58.9 Å². The Hall–Kier alpha value is -3.11. The molecule has 2 aromatic rings. The van der Waals surface area contributed by atoms with Crippen molar-refractivity contribution in [2.45, 2.75) is 6.92 Å². The highest BCUT2D eigenvalue weighted by molar-refractivity contribution is 6.02. The fourth-order valence-corrected chi connectivity index (χ4v) is 1.85. The first kappa shape index (κ1) is 13.3. The number of benzene rings is 2. The second-order valence-electron chi connectivity index (χ2n) is 4.25. The highest BCUT2D eigenvalue weighted by Crippen LogP contribution is 2.17. The standard InChI is InChI=1S/C16H12N4/c1-11(20-16(10-18)15(19)9-17)13-7-6-12-4-2-3-5-14(12)8-13/h2-8H,19H2,1H3/b16-15-,20-11?. The van der Waals surface area contributed by atoms with Crippen molar-refractivity contribution in [1.29, 1.82) is 10.5 Å². The Labute approximate surface area is 117 Å². The van der Waals surface area contributed by atoms with Gasteiger partial charge in [0.05, 0.1) is 0 Å². The van der Waals surface area contributed by atoms with Crippen molar-refractivity contribution in [2.24, 2.45) is 10.7 Å². The van der Waals surface area contributed by atoms with E-state index < -0.39 is 0 Å². The maximum atomic E-state index is 8.95. The second kappa shape index (κ2) is 5.69. The van der Waals surface area contributed by atoms with Gasteiger partial charge >= 0.3 is 0 Å². The molecule has 0 aliphatic rings. The molecule has 2 aromatic carbocycles. The van der Waals surface area contributed by atoms with E-state index in [0.29, 0.717) is 5.71 Å². The van der Waals surface area contributed by atoms with E-state index in [-0.39, 0.29) is 11.4 Å². The minimum atomic E-state index is -0.173. The summed E-state index contributed by atoms with van der Waals surface area (Å²) in [6.45, 7) is 1.78. The third-order valence-electron chi connectivity index (χ3n) is 2.93. The van der Waals surface area contributed by atoms with Gasteiger partial charge in [-0.05, 0) is 29.3 Å². The first-order valence-corrected chi connectivity index (χ1v) is 6.00. The van der Waals surface area contributed by atoms with Crippen LogP contribution in [0.3, 0.4) is 0 Å². The van der Waals surface area contributed by atoms with Crippen LogP contribution in [0.25, 0.3) is 10.8 Å². The van der Waals surface area contributed by atoms with E-state index in [2.05, 4.69) is 4.99 Å². The zero-order valence-corrected chi connectivity index (χ0v) is 11.0. The van der Waals surface area contributed by atoms with Gasteiger partial charge in [-0.1, -0.05) is 36.4 Å². The summed E-state index contributed by atoms with van der Waals surface area (Å²) >= 11 is 0. The highest BCUT2D eigenvalue weighted by atomic mass is 14.8. The zero-order chi connectivity index (χ0) is 14.5. The van der Waals surface area contributed by atoms with Gasteiger partial charge in [0, 0.05) is 5.71 Å².